The van der Waals surface area contributed by atoms with E-state index in [1.807, 2.05) is 30.3 Å². The summed E-state index contributed by atoms with van der Waals surface area (Å²) in [5.74, 6) is 0.0843. The van der Waals surface area contributed by atoms with Gasteiger partial charge in [-0.05, 0) is 17.5 Å². The van der Waals surface area contributed by atoms with Gasteiger partial charge in [0.15, 0.2) is 5.78 Å². The lowest BCUT2D eigenvalue weighted by Gasteiger charge is -2.26. The lowest BCUT2D eigenvalue weighted by molar-refractivity contribution is 0.0955. The zero-order chi connectivity index (χ0) is 14.0. The van der Waals surface area contributed by atoms with Gasteiger partial charge in [0.1, 0.15) is 0 Å². The van der Waals surface area contributed by atoms with Crippen LogP contribution < -0.4 is 5.73 Å². The van der Waals surface area contributed by atoms with Crippen LogP contribution >= 0.6 is 0 Å². The molecule has 1 aromatic heterocycles. The van der Waals surface area contributed by atoms with E-state index < -0.39 is 0 Å². The number of nitrogens with two attached hydrogens (primary N) is 1. The number of ketones is 1. The number of benzene rings is 1. The molecule has 0 spiro atoms. The minimum absolute atomic E-state index is 0.0709. The highest BCUT2D eigenvalue weighted by Gasteiger charge is 2.24. The Labute approximate surface area is 113 Å². The van der Waals surface area contributed by atoms with Crippen molar-refractivity contribution in [2.75, 3.05) is 0 Å². The summed E-state index contributed by atoms with van der Waals surface area (Å²) in [6.45, 7) is 6.15. The van der Waals surface area contributed by atoms with Crippen molar-refractivity contribution in [3.63, 3.8) is 0 Å². The third kappa shape index (κ3) is 2.99. The molecule has 0 saturated carbocycles. The van der Waals surface area contributed by atoms with Crippen molar-refractivity contribution >= 4 is 16.7 Å². The van der Waals surface area contributed by atoms with E-state index in [2.05, 4.69) is 25.8 Å². The van der Waals surface area contributed by atoms with Crippen LogP contribution in [0.15, 0.2) is 36.5 Å². The Morgan fingerprint density at radius 3 is 2.68 bits per heavy atom. The highest BCUT2D eigenvalue weighted by Crippen LogP contribution is 2.23. The standard InChI is InChI=1S/C16H20N2O/c1-16(2,3)15(17)10-14(19)12-6-4-8-13-11(12)7-5-9-18-13/h4-9,15H,10,17H2,1-3H3. The third-order valence-electron chi connectivity index (χ3n) is 3.46. The summed E-state index contributed by atoms with van der Waals surface area (Å²) in [7, 11) is 0. The maximum Gasteiger partial charge on any atom is 0.165 e. The summed E-state index contributed by atoms with van der Waals surface area (Å²) in [5, 5.41) is 0.899. The van der Waals surface area contributed by atoms with E-state index in [0.717, 1.165) is 10.9 Å². The first-order valence-electron chi connectivity index (χ1n) is 6.52. The maximum absolute atomic E-state index is 12.4. The van der Waals surface area contributed by atoms with Crippen molar-refractivity contribution < 1.29 is 4.79 Å². The smallest absolute Gasteiger partial charge is 0.165 e. The molecule has 0 aliphatic carbocycles. The number of carbonyl (C=O) groups excluding carboxylic acids is 1. The number of nitrogens with zero attached hydrogens (tertiary/aromatic N) is 1. The second kappa shape index (κ2) is 5.10. The lowest BCUT2D eigenvalue weighted by Crippen LogP contribution is -2.37. The van der Waals surface area contributed by atoms with E-state index in [1.54, 1.807) is 6.20 Å². The average molecular weight is 256 g/mol. The molecule has 1 heterocycles. The predicted molar refractivity (Wildman–Crippen MR) is 78.1 cm³/mol. The van der Waals surface area contributed by atoms with Crippen LogP contribution in [0.4, 0.5) is 0 Å². The van der Waals surface area contributed by atoms with E-state index in [0.29, 0.717) is 12.0 Å². The lowest BCUT2D eigenvalue weighted by atomic mass is 9.83. The maximum atomic E-state index is 12.4. The highest BCUT2D eigenvalue weighted by atomic mass is 16.1. The van der Waals surface area contributed by atoms with Crippen LogP contribution in [0.25, 0.3) is 10.9 Å². The molecule has 0 fully saturated rings. The SMILES string of the molecule is CC(C)(C)C(N)CC(=O)c1cccc2ncccc12. The summed E-state index contributed by atoms with van der Waals surface area (Å²) in [5.41, 5.74) is 7.58. The first-order valence-corrected chi connectivity index (χ1v) is 6.52. The molecule has 1 aromatic carbocycles. The molecular weight excluding hydrogens is 236 g/mol. The van der Waals surface area contributed by atoms with Crippen LogP contribution in [0, 0.1) is 5.41 Å². The Balaban J connectivity index is 2.32. The molecule has 0 amide bonds. The Kier molecular flexibility index (Phi) is 3.67. The number of fused-ring (bicyclic) bond motifs is 1. The van der Waals surface area contributed by atoms with Gasteiger partial charge < -0.3 is 5.73 Å². The summed E-state index contributed by atoms with van der Waals surface area (Å²) in [4.78, 5) is 16.7. The zero-order valence-electron chi connectivity index (χ0n) is 11.7. The van der Waals surface area contributed by atoms with Gasteiger partial charge in [-0.15, -0.1) is 0 Å². The number of hydrogen-bond acceptors (Lipinski definition) is 3. The minimum Gasteiger partial charge on any atom is -0.327 e. The predicted octanol–water partition coefficient (Wildman–Crippen LogP) is 3.18. The first kappa shape index (κ1) is 13.7. The number of rotatable bonds is 3. The van der Waals surface area contributed by atoms with Gasteiger partial charge >= 0.3 is 0 Å². The van der Waals surface area contributed by atoms with Gasteiger partial charge in [-0.25, -0.2) is 0 Å². The monoisotopic (exact) mass is 256 g/mol. The van der Waals surface area contributed by atoms with E-state index in [-0.39, 0.29) is 17.2 Å². The quantitative estimate of drug-likeness (QED) is 0.858. The Morgan fingerprint density at radius 2 is 2.00 bits per heavy atom. The van der Waals surface area contributed by atoms with Crippen molar-refractivity contribution in [3.8, 4) is 0 Å². The van der Waals surface area contributed by atoms with Gasteiger partial charge in [-0.1, -0.05) is 39.0 Å². The van der Waals surface area contributed by atoms with Gasteiger partial charge in [-0.2, -0.15) is 0 Å². The molecule has 3 heteroatoms. The molecular formula is C16H20N2O. The van der Waals surface area contributed by atoms with Crippen LogP contribution in [-0.2, 0) is 0 Å². The number of aromatic nitrogens is 1. The van der Waals surface area contributed by atoms with Gasteiger partial charge in [0, 0.05) is 29.6 Å². The molecule has 0 radical (unpaired) electrons. The fourth-order valence-corrected chi connectivity index (χ4v) is 1.96. The van der Waals surface area contributed by atoms with E-state index >= 15 is 0 Å². The van der Waals surface area contributed by atoms with Crippen molar-refractivity contribution in [1.29, 1.82) is 0 Å². The topological polar surface area (TPSA) is 56.0 Å². The van der Waals surface area contributed by atoms with Crippen LogP contribution in [-0.4, -0.2) is 16.8 Å². The molecule has 2 rings (SSSR count). The van der Waals surface area contributed by atoms with E-state index in [4.69, 9.17) is 5.73 Å². The minimum atomic E-state index is -0.146. The Bertz CT molecular complexity index is 594. The summed E-state index contributed by atoms with van der Waals surface area (Å²) in [6, 6.07) is 9.26. The van der Waals surface area contributed by atoms with Gasteiger partial charge in [0.25, 0.3) is 0 Å². The van der Waals surface area contributed by atoms with E-state index in [9.17, 15) is 4.79 Å². The Hall–Kier alpha value is -1.74. The second-order valence-corrected chi connectivity index (χ2v) is 5.98. The van der Waals surface area contributed by atoms with Crippen molar-refractivity contribution in [2.45, 2.75) is 33.2 Å². The Morgan fingerprint density at radius 1 is 1.26 bits per heavy atom. The third-order valence-corrected chi connectivity index (χ3v) is 3.46. The summed E-state index contributed by atoms with van der Waals surface area (Å²) >= 11 is 0. The zero-order valence-corrected chi connectivity index (χ0v) is 11.7. The first-order chi connectivity index (χ1) is 8.89. The summed E-state index contributed by atoms with van der Waals surface area (Å²) < 4.78 is 0. The fourth-order valence-electron chi connectivity index (χ4n) is 1.96. The molecule has 1 atom stereocenters. The normalized spacial score (nSPS) is 13.5. The molecule has 0 aliphatic rings. The number of hydrogen-bond donors (Lipinski definition) is 1. The molecule has 1 unspecified atom stereocenters. The van der Waals surface area contributed by atoms with Crippen molar-refractivity contribution in [3.05, 3.63) is 42.1 Å². The highest BCUT2D eigenvalue weighted by molar-refractivity contribution is 6.07. The molecule has 2 N–H and O–H groups in total. The average Bonchev–Trinajstić information content (AvgIpc) is 2.36. The fraction of sp³-hybridized carbons (Fsp3) is 0.375. The van der Waals surface area contributed by atoms with Crippen molar-refractivity contribution in [2.24, 2.45) is 11.1 Å². The van der Waals surface area contributed by atoms with Crippen molar-refractivity contribution in [1.82, 2.24) is 4.98 Å². The van der Waals surface area contributed by atoms with Gasteiger partial charge in [0.2, 0.25) is 0 Å². The molecule has 0 aliphatic heterocycles. The molecule has 0 saturated heterocycles. The van der Waals surface area contributed by atoms with Crippen LogP contribution in [0.3, 0.4) is 0 Å². The number of pyridine rings is 1. The van der Waals surface area contributed by atoms with Crippen LogP contribution in [0.5, 0.6) is 0 Å². The molecule has 0 bridgehead atoms. The second-order valence-electron chi connectivity index (χ2n) is 5.98. The van der Waals surface area contributed by atoms with Gasteiger partial charge in [-0.3, -0.25) is 9.78 Å². The summed E-state index contributed by atoms with van der Waals surface area (Å²) in [6.07, 6.45) is 2.09. The molecule has 100 valence electrons. The number of carbonyl (C=O) groups is 1. The van der Waals surface area contributed by atoms with Crippen LogP contribution in [0.1, 0.15) is 37.6 Å². The van der Waals surface area contributed by atoms with Gasteiger partial charge in [0.05, 0.1) is 5.52 Å². The molecule has 19 heavy (non-hydrogen) atoms. The molecule has 3 nitrogen and oxygen atoms in total. The number of Topliss-reactive ketones (excluding diaryl/α,β-unsaturated/α-hetero) is 1. The largest absolute Gasteiger partial charge is 0.327 e. The molecule has 2 aromatic rings. The van der Waals surface area contributed by atoms with Crippen LogP contribution in [0.2, 0.25) is 0 Å². The van der Waals surface area contributed by atoms with E-state index in [1.165, 1.54) is 0 Å².